The van der Waals surface area contributed by atoms with E-state index in [1.165, 1.54) is 25.3 Å². The summed E-state index contributed by atoms with van der Waals surface area (Å²) in [7, 11) is 1.33. The summed E-state index contributed by atoms with van der Waals surface area (Å²) in [4.78, 5) is 23.2. The summed E-state index contributed by atoms with van der Waals surface area (Å²) in [5, 5.41) is 7.35. The second kappa shape index (κ2) is 10.2. The van der Waals surface area contributed by atoms with Gasteiger partial charge in [-0.1, -0.05) is 18.2 Å². The predicted molar refractivity (Wildman–Crippen MR) is 112 cm³/mol. The smallest absolute Gasteiger partial charge is 0.305 e. The lowest BCUT2D eigenvalue weighted by Gasteiger charge is -2.01. The molecule has 1 aromatic heterocycles. The predicted octanol–water partition coefficient (Wildman–Crippen LogP) is 3.76. The molecule has 0 unspecified atom stereocenters. The molecule has 3 aromatic rings. The van der Waals surface area contributed by atoms with Crippen molar-refractivity contribution >= 4 is 18.0 Å². The highest BCUT2D eigenvalue weighted by molar-refractivity contribution is 5.92. The number of carbonyl (C=O) groups is 2. The first kappa shape index (κ1) is 21.0. The van der Waals surface area contributed by atoms with E-state index in [0.29, 0.717) is 18.7 Å². The zero-order chi connectivity index (χ0) is 21.3. The molecule has 0 saturated carbocycles. The van der Waals surface area contributed by atoms with Crippen molar-refractivity contribution in [3.05, 3.63) is 78.3 Å². The highest BCUT2D eigenvalue weighted by Gasteiger charge is 2.11. The molecular weight excluding hydrogens is 385 g/mol. The Morgan fingerprint density at radius 2 is 1.87 bits per heavy atom. The summed E-state index contributed by atoms with van der Waals surface area (Å²) >= 11 is 0. The maximum absolute atomic E-state index is 13.3. The van der Waals surface area contributed by atoms with Crippen molar-refractivity contribution in [3.63, 3.8) is 0 Å². The van der Waals surface area contributed by atoms with Crippen molar-refractivity contribution in [2.75, 3.05) is 13.7 Å². The minimum atomic E-state index is -0.329. The molecule has 6 nitrogen and oxygen atoms in total. The molecule has 0 aliphatic heterocycles. The Morgan fingerprint density at radius 1 is 1.13 bits per heavy atom. The quantitative estimate of drug-likeness (QED) is 0.351. The van der Waals surface area contributed by atoms with Gasteiger partial charge in [0, 0.05) is 36.4 Å². The Kier molecular flexibility index (Phi) is 7.10. The van der Waals surface area contributed by atoms with E-state index in [1.54, 1.807) is 22.9 Å². The molecule has 0 saturated heterocycles. The molecule has 0 spiro atoms. The van der Waals surface area contributed by atoms with Crippen molar-refractivity contribution in [1.82, 2.24) is 15.1 Å². The van der Waals surface area contributed by atoms with E-state index in [9.17, 15) is 14.0 Å². The Hall–Kier alpha value is -3.74. The Morgan fingerprint density at radius 3 is 2.57 bits per heavy atom. The van der Waals surface area contributed by atoms with Gasteiger partial charge in [-0.25, -0.2) is 9.07 Å². The fourth-order valence-electron chi connectivity index (χ4n) is 2.83. The van der Waals surface area contributed by atoms with Gasteiger partial charge < -0.3 is 10.1 Å². The number of amides is 1. The first-order valence-corrected chi connectivity index (χ1v) is 9.50. The van der Waals surface area contributed by atoms with Gasteiger partial charge in [0.05, 0.1) is 18.5 Å². The number of para-hydroxylation sites is 1. The fraction of sp³-hybridized carbons (Fsp3) is 0.174. The first-order valence-electron chi connectivity index (χ1n) is 9.50. The number of carbonyl (C=O) groups excluding carboxylic acids is 2. The maximum Gasteiger partial charge on any atom is 0.305 e. The van der Waals surface area contributed by atoms with E-state index in [0.717, 1.165) is 16.8 Å². The van der Waals surface area contributed by atoms with Gasteiger partial charge in [-0.3, -0.25) is 9.59 Å². The summed E-state index contributed by atoms with van der Waals surface area (Å²) in [6, 6.07) is 15.6. The van der Waals surface area contributed by atoms with Crippen molar-refractivity contribution in [3.8, 4) is 16.9 Å². The molecule has 154 valence electrons. The summed E-state index contributed by atoms with van der Waals surface area (Å²) in [6.45, 7) is 0.367. The van der Waals surface area contributed by atoms with Crippen LogP contribution in [0.25, 0.3) is 23.0 Å². The molecular formula is C23H22FN3O3. The van der Waals surface area contributed by atoms with Crippen LogP contribution in [0.2, 0.25) is 0 Å². The summed E-state index contributed by atoms with van der Waals surface area (Å²) < 4.78 is 19.6. The van der Waals surface area contributed by atoms with Crippen LogP contribution in [-0.2, 0) is 14.3 Å². The first-order chi connectivity index (χ1) is 14.6. The second-order valence-electron chi connectivity index (χ2n) is 6.52. The van der Waals surface area contributed by atoms with Gasteiger partial charge in [0.1, 0.15) is 5.82 Å². The Balaban J connectivity index is 1.77. The van der Waals surface area contributed by atoms with Gasteiger partial charge in [0.2, 0.25) is 5.91 Å². The number of rotatable bonds is 8. The number of nitrogens with one attached hydrogen (secondary N) is 1. The van der Waals surface area contributed by atoms with Crippen LogP contribution in [0.5, 0.6) is 0 Å². The van der Waals surface area contributed by atoms with E-state index in [-0.39, 0.29) is 24.1 Å². The van der Waals surface area contributed by atoms with Crippen LogP contribution < -0.4 is 5.32 Å². The lowest BCUT2D eigenvalue weighted by Crippen LogP contribution is -2.22. The van der Waals surface area contributed by atoms with Crippen LogP contribution in [0.3, 0.4) is 0 Å². The minimum absolute atomic E-state index is 0.249. The number of esters is 1. The molecule has 7 heteroatoms. The Labute approximate surface area is 174 Å². The Bertz CT molecular complexity index is 1030. The third-order valence-electron chi connectivity index (χ3n) is 4.38. The number of aromatic nitrogens is 2. The summed E-state index contributed by atoms with van der Waals surface area (Å²) in [5.74, 6) is -0.917. The topological polar surface area (TPSA) is 73.2 Å². The van der Waals surface area contributed by atoms with Crippen LogP contribution in [-0.4, -0.2) is 35.3 Å². The van der Waals surface area contributed by atoms with Crippen molar-refractivity contribution in [2.45, 2.75) is 12.8 Å². The number of hydrogen-bond acceptors (Lipinski definition) is 4. The fourth-order valence-corrected chi connectivity index (χ4v) is 2.83. The molecule has 0 aliphatic carbocycles. The molecule has 1 amide bonds. The van der Waals surface area contributed by atoms with Gasteiger partial charge >= 0.3 is 5.97 Å². The van der Waals surface area contributed by atoms with Gasteiger partial charge in [0.25, 0.3) is 0 Å². The van der Waals surface area contributed by atoms with Crippen LogP contribution in [0.1, 0.15) is 18.4 Å². The van der Waals surface area contributed by atoms with E-state index in [1.807, 2.05) is 36.5 Å². The molecule has 30 heavy (non-hydrogen) atoms. The van der Waals surface area contributed by atoms with Gasteiger partial charge in [0.15, 0.2) is 0 Å². The standard InChI is InChI=1S/C23H22FN3O3/c1-30-22(29)8-5-15-25-21(28)14-11-18-16-27(20-6-3-2-4-7-20)26-23(18)17-9-12-19(24)13-10-17/h2-4,6-7,9-14,16H,5,8,15H2,1H3,(H,25,28)/b14-11+. The third kappa shape index (κ3) is 5.64. The van der Waals surface area contributed by atoms with Crippen LogP contribution >= 0.6 is 0 Å². The number of benzene rings is 2. The number of nitrogens with zero attached hydrogens (tertiary/aromatic N) is 2. The van der Waals surface area contributed by atoms with Crippen molar-refractivity contribution in [1.29, 1.82) is 0 Å². The zero-order valence-electron chi connectivity index (χ0n) is 16.5. The SMILES string of the molecule is COC(=O)CCCNC(=O)/C=C/c1cn(-c2ccccc2)nc1-c1ccc(F)cc1. The highest BCUT2D eigenvalue weighted by Crippen LogP contribution is 2.25. The molecule has 0 bridgehead atoms. The minimum Gasteiger partial charge on any atom is -0.469 e. The molecule has 1 N–H and O–H groups in total. The molecule has 1 heterocycles. The maximum atomic E-state index is 13.3. The van der Waals surface area contributed by atoms with Crippen molar-refractivity contribution < 1.29 is 18.7 Å². The average molecular weight is 407 g/mol. The average Bonchev–Trinajstić information content (AvgIpc) is 3.20. The lowest BCUT2D eigenvalue weighted by atomic mass is 10.1. The number of ether oxygens (including phenoxy) is 1. The molecule has 0 radical (unpaired) electrons. The molecule has 0 atom stereocenters. The third-order valence-corrected chi connectivity index (χ3v) is 4.38. The number of hydrogen-bond donors (Lipinski definition) is 1. The molecule has 0 fully saturated rings. The number of methoxy groups -OCH3 is 1. The second-order valence-corrected chi connectivity index (χ2v) is 6.52. The van der Waals surface area contributed by atoms with Gasteiger partial charge in [-0.2, -0.15) is 5.10 Å². The molecule has 0 aliphatic rings. The van der Waals surface area contributed by atoms with E-state index >= 15 is 0 Å². The largest absolute Gasteiger partial charge is 0.469 e. The van der Waals surface area contributed by atoms with Crippen LogP contribution in [0.15, 0.2) is 66.9 Å². The highest BCUT2D eigenvalue weighted by atomic mass is 19.1. The monoisotopic (exact) mass is 407 g/mol. The van der Waals surface area contributed by atoms with E-state index < -0.39 is 0 Å². The van der Waals surface area contributed by atoms with Crippen molar-refractivity contribution in [2.24, 2.45) is 0 Å². The van der Waals surface area contributed by atoms with E-state index in [2.05, 4.69) is 15.2 Å². The van der Waals surface area contributed by atoms with Crippen LogP contribution in [0.4, 0.5) is 4.39 Å². The zero-order valence-corrected chi connectivity index (χ0v) is 16.5. The van der Waals surface area contributed by atoms with Crippen LogP contribution in [0, 0.1) is 5.82 Å². The van der Waals surface area contributed by atoms with E-state index in [4.69, 9.17) is 0 Å². The molecule has 2 aromatic carbocycles. The van der Waals surface area contributed by atoms with Gasteiger partial charge in [-0.15, -0.1) is 0 Å². The number of halogens is 1. The summed E-state index contributed by atoms with van der Waals surface area (Å²) in [5.41, 5.74) is 2.96. The summed E-state index contributed by atoms with van der Waals surface area (Å²) in [6.07, 6.45) is 5.64. The molecule has 3 rings (SSSR count). The lowest BCUT2D eigenvalue weighted by molar-refractivity contribution is -0.140. The normalized spacial score (nSPS) is 10.9. The van der Waals surface area contributed by atoms with Gasteiger partial charge in [-0.05, 0) is 48.9 Å².